The van der Waals surface area contributed by atoms with Crippen molar-refractivity contribution in [2.45, 2.75) is 32.1 Å². The molecule has 0 bridgehead atoms. The number of hydrogen-bond donors (Lipinski definition) is 2. The number of fused-ring (bicyclic) bond motifs is 1. The first-order chi connectivity index (χ1) is 13.2. The van der Waals surface area contributed by atoms with E-state index in [0.717, 1.165) is 28.8 Å². The Kier molecular flexibility index (Phi) is 5.23. The third-order valence-electron chi connectivity index (χ3n) is 5.96. The number of nitrogens with zero attached hydrogens (tertiary/aromatic N) is 3. The van der Waals surface area contributed by atoms with E-state index in [1.165, 1.54) is 37.2 Å². The summed E-state index contributed by atoms with van der Waals surface area (Å²) in [5.41, 5.74) is 11.4. The molecule has 1 saturated heterocycles. The molecule has 4 rings (SSSR count). The van der Waals surface area contributed by atoms with Crippen molar-refractivity contribution >= 4 is 11.0 Å². The van der Waals surface area contributed by atoms with Crippen LogP contribution in [0.15, 0.2) is 36.5 Å². The van der Waals surface area contributed by atoms with Crippen LogP contribution in [0.5, 0.6) is 0 Å². The summed E-state index contributed by atoms with van der Waals surface area (Å²) in [6, 6.07) is 10.5. The molecule has 0 radical (unpaired) electrons. The van der Waals surface area contributed by atoms with Crippen LogP contribution in [0.25, 0.3) is 22.4 Å². The minimum atomic E-state index is 0.454. The highest BCUT2D eigenvalue weighted by atomic mass is 15.1. The molecular formula is C22H29N5. The van der Waals surface area contributed by atoms with Crippen LogP contribution in [0.2, 0.25) is 0 Å². The van der Waals surface area contributed by atoms with Crippen molar-refractivity contribution in [3.63, 3.8) is 0 Å². The molecule has 5 nitrogen and oxygen atoms in total. The van der Waals surface area contributed by atoms with Crippen LogP contribution in [0.1, 0.15) is 36.4 Å². The summed E-state index contributed by atoms with van der Waals surface area (Å²) in [7, 11) is 2.20. The average molecular weight is 364 g/mol. The van der Waals surface area contributed by atoms with Crippen LogP contribution in [0.3, 0.4) is 0 Å². The Labute approximate surface area is 161 Å². The Morgan fingerprint density at radius 2 is 2.04 bits per heavy atom. The number of nitrogens with two attached hydrogens (primary N) is 1. The minimum absolute atomic E-state index is 0.454. The molecule has 27 heavy (non-hydrogen) atoms. The molecule has 0 amide bonds. The molecule has 3 aromatic rings. The zero-order valence-electron chi connectivity index (χ0n) is 16.3. The lowest BCUT2D eigenvalue weighted by Gasteiger charge is -2.34. The van der Waals surface area contributed by atoms with Crippen LogP contribution < -0.4 is 5.73 Å². The van der Waals surface area contributed by atoms with E-state index in [2.05, 4.69) is 54.2 Å². The van der Waals surface area contributed by atoms with Crippen molar-refractivity contribution < 1.29 is 0 Å². The van der Waals surface area contributed by atoms with Gasteiger partial charge in [0.1, 0.15) is 5.82 Å². The molecule has 0 aliphatic carbocycles. The molecule has 1 fully saturated rings. The molecule has 1 aliphatic heterocycles. The SMILES string of the molecule is Cc1cccc2[nH]c(-c3ccc(C(CCN)C4CCN(C)CC4)nc3)nc12. The predicted octanol–water partition coefficient (Wildman–Crippen LogP) is 3.71. The van der Waals surface area contributed by atoms with Gasteiger partial charge in [-0.15, -0.1) is 0 Å². The normalized spacial score (nSPS) is 17.4. The second-order valence-corrected chi connectivity index (χ2v) is 7.85. The van der Waals surface area contributed by atoms with E-state index in [-0.39, 0.29) is 0 Å². The molecule has 2 aromatic heterocycles. The summed E-state index contributed by atoms with van der Waals surface area (Å²) in [6.07, 6.45) is 5.42. The first kappa shape index (κ1) is 18.1. The maximum absolute atomic E-state index is 5.93. The van der Waals surface area contributed by atoms with E-state index in [0.29, 0.717) is 18.4 Å². The van der Waals surface area contributed by atoms with Crippen LogP contribution in [0, 0.1) is 12.8 Å². The van der Waals surface area contributed by atoms with E-state index in [9.17, 15) is 0 Å². The number of nitrogens with one attached hydrogen (secondary N) is 1. The summed E-state index contributed by atoms with van der Waals surface area (Å²) < 4.78 is 0. The Bertz CT molecular complexity index is 891. The summed E-state index contributed by atoms with van der Waals surface area (Å²) in [6.45, 7) is 5.14. The largest absolute Gasteiger partial charge is 0.338 e. The highest BCUT2D eigenvalue weighted by Gasteiger charge is 2.27. The first-order valence-corrected chi connectivity index (χ1v) is 9.96. The number of H-pyrrole nitrogens is 1. The lowest BCUT2D eigenvalue weighted by Crippen LogP contribution is -2.33. The van der Waals surface area contributed by atoms with Crippen molar-refractivity contribution in [3.8, 4) is 11.4 Å². The molecular weight excluding hydrogens is 334 g/mol. The minimum Gasteiger partial charge on any atom is -0.338 e. The van der Waals surface area contributed by atoms with Crippen LogP contribution in [0.4, 0.5) is 0 Å². The van der Waals surface area contributed by atoms with Gasteiger partial charge >= 0.3 is 0 Å². The fraction of sp³-hybridized carbons (Fsp3) is 0.455. The Balaban J connectivity index is 1.58. The van der Waals surface area contributed by atoms with E-state index in [1.807, 2.05) is 6.20 Å². The third-order valence-corrected chi connectivity index (χ3v) is 5.96. The number of aryl methyl sites for hydroxylation is 1. The Morgan fingerprint density at radius 1 is 1.22 bits per heavy atom. The van der Waals surface area contributed by atoms with Crippen molar-refractivity contribution in [3.05, 3.63) is 47.8 Å². The molecule has 3 heterocycles. The number of para-hydroxylation sites is 1. The van der Waals surface area contributed by atoms with E-state index >= 15 is 0 Å². The van der Waals surface area contributed by atoms with Gasteiger partial charge in [-0.1, -0.05) is 12.1 Å². The molecule has 1 atom stereocenters. The highest BCUT2D eigenvalue weighted by molar-refractivity contribution is 5.82. The Morgan fingerprint density at radius 3 is 2.70 bits per heavy atom. The maximum Gasteiger partial charge on any atom is 0.140 e. The molecule has 1 unspecified atom stereocenters. The number of aromatic amines is 1. The van der Waals surface area contributed by atoms with Crippen LogP contribution in [-0.4, -0.2) is 46.5 Å². The van der Waals surface area contributed by atoms with Crippen LogP contribution in [-0.2, 0) is 0 Å². The fourth-order valence-electron chi connectivity index (χ4n) is 4.31. The zero-order valence-corrected chi connectivity index (χ0v) is 16.3. The van der Waals surface area contributed by atoms with Gasteiger partial charge in [-0.2, -0.15) is 0 Å². The van der Waals surface area contributed by atoms with Gasteiger partial charge < -0.3 is 15.6 Å². The summed E-state index contributed by atoms with van der Waals surface area (Å²) in [5, 5.41) is 0. The first-order valence-electron chi connectivity index (χ1n) is 9.96. The number of hydrogen-bond acceptors (Lipinski definition) is 4. The van der Waals surface area contributed by atoms with Gasteiger partial charge in [-0.25, -0.2) is 4.98 Å². The van der Waals surface area contributed by atoms with Gasteiger partial charge in [0, 0.05) is 23.4 Å². The monoisotopic (exact) mass is 363 g/mol. The number of piperidine rings is 1. The van der Waals surface area contributed by atoms with Gasteiger partial charge in [0.2, 0.25) is 0 Å². The molecule has 0 saturated carbocycles. The lowest BCUT2D eigenvalue weighted by atomic mass is 9.80. The quantitative estimate of drug-likeness (QED) is 0.725. The zero-order chi connectivity index (χ0) is 18.8. The summed E-state index contributed by atoms with van der Waals surface area (Å²) >= 11 is 0. The molecule has 3 N–H and O–H groups in total. The summed E-state index contributed by atoms with van der Waals surface area (Å²) in [4.78, 5) is 15.4. The van der Waals surface area contributed by atoms with Crippen LogP contribution >= 0.6 is 0 Å². The van der Waals surface area contributed by atoms with E-state index in [4.69, 9.17) is 15.7 Å². The van der Waals surface area contributed by atoms with Gasteiger partial charge in [0.05, 0.1) is 11.0 Å². The fourth-order valence-corrected chi connectivity index (χ4v) is 4.31. The third kappa shape index (κ3) is 3.75. The predicted molar refractivity (Wildman–Crippen MR) is 111 cm³/mol. The number of pyridine rings is 1. The smallest absolute Gasteiger partial charge is 0.140 e. The van der Waals surface area contributed by atoms with Crippen molar-refractivity contribution in [2.75, 3.05) is 26.7 Å². The topological polar surface area (TPSA) is 70.8 Å². The van der Waals surface area contributed by atoms with Gasteiger partial charge in [0.15, 0.2) is 0 Å². The van der Waals surface area contributed by atoms with Gasteiger partial charge in [-0.05, 0) is 82.5 Å². The second-order valence-electron chi connectivity index (χ2n) is 7.85. The number of benzene rings is 1. The molecule has 0 spiro atoms. The van der Waals surface area contributed by atoms with Crippen molar-refractivity contribution in [2.24, 2.45) is 11.7 Å². The lowest BCUT2D eigenvalue weighted by molar-refractivity contribution is 0.193. The number of likely N-dealkylation sites (tertiary alicyclic amines) is 1. The molecule has 142 valence electrons. The van der Waals surface area contributed by atoms with E-state index in [1.54, 1.807) is 0 Å². The van der Waals surface area contributed by atoms with E-state index < -0.39 is 0 Å². The molecule has 1 aliphatic rings. The van der Waals surface area contributed by atoms with Gasteiger partial charge in [-0.3, -0.25) is 4.98 Å². The Hall–Kier alpha value is -2.24. The highest BCUT2D eigenvalue weighted by Crippen LogP contribution is 2.34. The average Bonchev–Trinajstić information content (AvgIpc) is 3.13. The van der Waals surface area contributed by atoms with Gasteiger partial charge in [0.25, 0.3) is 0 Å². The van der Waals surface area contributed by atoms with Crippen molar-refractivity contribution in [1.82, 2.24) is 19.9 Å². The maximum atomic E-state index is 5.93. The number of rotatable bonds is 5. The standard InChI is InChI=1S/C22H29N5/c1-15-4-3-5-20-21(15)26-22(25-20)17-6-7-19(24-14-17)18(8-11-23)16-9-12-27(2)13-10-16/h3-7,14,16,18H,8-13,23H2,1-2H3,(H,25,26). The van der Waals surface area contributed by atoms with Crippen molar-refractivity contribution in [1.29, 1.82) is 0 Å². The number of aromatic nitrogens is 3. The summed E-state index contributed by atoms with van der Waals surface area (Å²) in [5.74, 6) is 2.01. The second kappa shape index (κ2) is 7.79. The number of imidazole rings is 1. The molecule has 5 heteroatoms. The molecule has 1 aromatic carbocycles.